The number of aromatic nitrogens is 1. The zero-order chi connectivity index (χ0) is 10.6. The summed E-state index contributed by atoms with van der Waals surface area (Å²) < 4.78 is 0. The summed E-state index contributed by atoms with van der Waals surface area (Å²) in [4.78, 5) is 25.6. The molecule has 0 unspecified atom stereocenters. The van der Waals surface area contributed by atoms with Crippen LogP contribution in [0.2, 0.25) is 0 Å². The standard InChI is InChI=1S/C10H9NO3/c1-7(10(13)14)6-9(12)8-4-2-3-5-11-8/h2-6H,1H3,(H,13,14)/b7-6+. The van der Waals surface area contributed by atoms with Crippen LogP contribution in [-0.2, 0) is 4.79 Å². The Morgan fingerprint density at radius 2 is 2.14 bits per heavy atom. The quantitative estimate of drug-likeness (QED) is 0.577. The molecular formula is C10H9NO3. The van der Waals surface area contributed by atoms with E-state index in [1.807, 2.05) is 0 Å². The zero-order valence-corrected chi connectivity index (χ0v) is 7.60. The van der Waals surface area contributed by atoms with Crippen LogP contribution in [0.4, 0.5) is 0 Å². The molecule has 72 valence electrons. The van der Waals surface area contributed by atoms with E-state index in [0.717, 1.165) is 6.08 Å². The molecule has 1 aromatic rings. The van der Waals surface area contributed by atoms with E-state index in [-0.39, 0.29) is 11.3 Å². The van der Waals surface area contributed by atoms with Crippen LogP contribution in [-0.4, -0.2) is 21.8 Å². The number of carbonyl (C=O) groups is 2. The average molecular weight is 191 g/mol. The molecule has 1 rings (SSSR count). The third-order valence-corrected chi connectivity index (χ3v) is 1.60. The first-order chi connectivity index (χ1) is 6.61. The van der Waals surface area contributed by atoms with Crippen LogP contribution < -0.4 is 0 Å². The average Bonchev–Trinajstić information content (AvgIpc) is 2.19. The molecule has 0 aliphatic carbocycles. The first-order valence-corrected chi connectivity index (χ1v) is 3.98. The number of ketones is 1. The van der Waals surface area contributed by atoms with Gasteiger partial charge in [0.1, 0.15) is 5.69 Å². The van der Waals surface area contributed by atoms with Gasteiger partial charge >= 0.3 is 5.97 Å². The molecule has 1 N–H and O–H groups in total. The second-order valence-electron chi connectivity index (χ2n) is 2.71. The van der Waals surface area contributed by atoms with Crippen molar-refractivity contribution in [2.45, 2.75) is 6.92 Å². The molecule has 0 saturated heterocycles. The molecule has 0 saturated carbocycles. The topological polar surface area (TPSA) is 67.3 Å². The minimum atomic E-state index is -1.10. The lowest BCUT2D eigenvalue weighted by atomic mass is 10.2. The lowest BCUT2D eigenvalue weighted by molar-refractivity contribution is -0.132. The first kappa shape index (κ1) is 10.1. The van der Waals surface area contributed by atoms with Crippen molar-refractivity contribution in [3.05, 3.63) is 41.7 Å². The van der Waals surface area contributed by atoms with Crippen molar-refractivity contribution in [3.8, 4) is 0 Å². The van der Waals surface area contributed by atoms with E-state index in [4.69, 9.17) is 5.11 Å². The van der Waals surface area contributed by atoms with Gasteiger partial charge in [0.25, 0.3) is 0 Å². The van der Waals surface area contributed by atoms with Crippen molar-refractivity contribution in [1.29, 1.82) is 0 Å². The normalized spacial score (nSPS) is 11.1. The Morgan fingerprint density at radius 1 is 1.43 bits per heavy atom. The number of nitrogens with zero attached hydrogens (tertiary/aromatic N) is 1. The summed E-state index contributed by atoms with van der Waals surface area (Å²) in [6.45, 7) is 1.36. The van der Waals surface area contributed by atoms with E-state index in [9.17, 15) is 9.59 Å². The number of hydrogen-bond donors (Lipinski definition) is 1. The smallest absolute Gasteiger partial charge is 0.331 e. The molecule has 14 heavy (non-hydrogen) atoms. The number of carboxylic acids is 1. The maximum Gasteiger partial charge on any atom is 0.331 e. The van der Waals surface area contributed by atoms with E-state index >= 15 is 0 Å². The highest BCUT2D eigenvalue weighted by molar-refractivity contribution is 6.07. The van der Waals surface area contributed by atoms with E-state index in [2.05, 4.69) is 4.98 Å². The molecule has 1 heterocycles. The van der Waals surface area contributed by atoms with Crippen molar-refractivity contribution >= 4 is 11.8 Å². The van der Waals surface area contributed by atoms with Gasteiger partial charge < -0.3 is 5.11 Å². The highest BCUT2D eigenvalue weighted by Gasteiger charge is 2.06. The molecule has 0 amide bonds. The summed E-state index contributed by atoms with van der Waals surface area (Å²) in [6.07, 6.45) is 2.54. The molecule has 0 atom stereocenters. The van der Waals surface area contributed by atoms with Crippen LogP contribution in [0.3, 0.4) is 0 Å². The van der Waals surface area contributed by atoms with Crippen molar-refractivity contribution < 1.29 is 14.7 Å². The van der Waals surface area contributed by atoms with Crippen LogP contribution in [0.1, 0.15) is 17.4 Å². The molecule has 0 spiro atoms. The lowest BCUT2D eigenvalue weighted by Crippen LogP contribution is -2.03. The molecular weight excluding hydrogens is 182 g/mol. The summed E-state index contributed by atoms with van der Waals surface area (Å²) in [7, 11) is 0. The van der Waals surface area contributed by atoms with Gasteiger partial charge in [-0.05, 0) is 25.1 Å². The van der Waals surface area contributed by atoms with Crippen molar-refractivity contribution in [1.82, 2.24) is 4.98 Å². The Kier molecular flexibility index (Phi) is 3.12. The van der Waals surface area contributed by atoms with E-state index in [0.29, 0.717) is 0 Å². The second-order valence-corrected chi connectivity index (χ2v) is 2.71. The molecule has 4 nitrogen and oxygen atoms in total. The third-order valence-electron chi connectivity index (χ3n) is 1.60. The molecule has 0 aromatic carbocycles. The van der Waals surface area contributed by atoms with Crippen LogP contribution in [0.25, 0.3) is 0 Å². The van der Waals surface area contributed by atoms with Crippen molar-refractivity contribution in [2.24, 2.45) is 0 Å². The summed E-state index contributed by atoms with van der Waals surface area (Å²) in [6, 6.07) is 4.89. The van der Waals surface area contributed by atoms with Gasteiger partial charge in [-0.2, -0.15) is 0 Å². The van der Waals surface area contributed by atoms with Crippen LogP contribution in [0.15, 0.2) is 36.0 Å². The molecule has 0 aliphatic rings. The van der Waals surface area contributed by atoms with Crippen molar-refractivity contribution in [2.75, 3.05) is 0 Å². The molecule has 0 fully saturated rings. The number of hydrogen-bond acceptors (Lipinski definition) is 3. The maximum absolute atomic E-state index is 11.4. The fourth-order valence-electron chi connectivity index (χ4n) is 0.841. The fourth-order valence-corrected chi connectivity index (χ4v) is 0.841. The second kappa shape index (κ2) is 4.32. The number of carboxylic acid groups (broad SMARTS) is 1. The minimum Gasteiger partial charge on any atom is -0.478 e. The molecule has 4 heteroatoms. The first-order valence-electron chi connectivity index (χ1n) is 3.98. The van der Waals surface area contributed by atoms with E-state index in [1.54, 1.807) is 12.1 Å². The molecule has 0 aliphatic heterocycles. The molecule has 0 bridgehead atoms. The third kappa shape index (κ3) is 2.52. The Labute approximate surface area is 80.9 Å². The molecule has 1 aromatic heterocycles. The Balaban J connectivity index is 2.88. The summed E-state index contributed by atoms with van der Waals surface area (Å²) in [5.41, 5.74) is 0.244. The van der Waals surface area contributed by atoms with Gasteiger partial charge in [0.2, 0.25) is 5.78 Å². The summed E-state index contributed by atoms with van der Waals surface area (Å²) >= 11 is 0. The van der Waals surface area contributed by atoms with Gasteiger partial charge in [-0.3, -0.25) is 9.78 Å². The predicted octanol–water partition coefficient (Wildman–Crippen LogP) is 1.30. The maximum atomic E-state index is 11.4. The molecule has 0 radical (unpaired) electrons. The largest absolute Gasteiger partial charge is 0.478 e. The van der Waals surface area contributed by atoms with Gasteiger partial charge in [0.15, 0.2) is 0 Å². The van der Waals surface area contributed by atoms with Gasteiger partial charge in [-0.1, -0.05) is 6.07 Å². The SMILES string of the molecule is C/C(=C\C(=O)c1ccccn1)C(=O)O. The summed E-state index contributed by atoms with van der Waals surface area (Å²) in [5.74, 6) is -1.50. The van der Waals surface area contributed by atoms with Crippen LogP contribution >= 0.6 is 0 Å². The van der Waals surface area contributed by atoms with Crippen molar-refractivity contribution in [3.63, 3.8) is 0 Å². The number of pyridine rings is 1. The van der Waals surface area contributed by atoms with E-state index < -0.39 is 11.8 Å². The Hall–Kier alpha value is -1.97. The number of carbonyl (C=O) groups excluding carboxylic acids is 1. The van der Waals surface area contributed by atoms with Gasteiger partial charge in [-0.25, -0.2) is 4.79 Å². The zero-order valence-electron chi connectivity index (χ0n) is 7.60. The fraction of sp³-hybridized carbons (Fsp3) is 0.100. The highest BCUT2D eigenvalue weighted by Crippen LogP contribution is 2.00. The predicted molar refractivity (Wildman–Crippen MR) is 50.0 cm³/mol. The Morgan fingerprint density at radius 3 is 2.64 bits per heavy atom. The van der Waals surface area contributed by atoms with Gasteiger partial charge in [-0.15, -0.1) is 0 Å². The number of rotatable bonds is 3. The van der Waals surface area contributed by atoms with Crippen LogP contribution in [0.5, 0.6) is 0 Å². The minimum absolute atomic E-state index is 0.000605. The van der Waals surface area contributed by atoms with Crippen LogP contribution in [0, 0.1) is 0 Å². The summed E-state index contributed by atoms with van der Waals surface area (Å²) in [5, 5.41) is 8.54. The highest BCUT2D eigenvalue weighted by atomic mass is 16.4. The van der Waals surface area contributed by atoms with E-state index in [1.165, 1.54) is 19.2 Å². The number of aliphatic carboxylic acids is 1. The monoisotopic (exact) mass is 191 g/mol. The lowest BCUT2D eigenvalue weighted by Gasteiger charge is -1.94. The Bertz CT molecular complexity index is 382. The van der Waals surface area contributed by atoms with Gasteiger partial charge in [0.05, 0.1) is 0 Å². The number of allylic oxidation sites excluding steroid dienone is 1. The van der Waals surface area contributed by atoms with Gasteiger partial charge in [0, 0.05) is 11.8 Å².